The summed E-state index contributed by atoms with van der Waals surface area (Å²) in [7, 11) is 3.19. The number of hydrogen-bond acceptors (Lipinski definition) is 3. The first kappa shape index (κ1) is 14.1. The van der Waals surface area contributed by atoms with Crippen LogP contribution in [0.3, 0.4) is 0 Å². The number of aryl methyl sites for hydroxylation is 1. The van der Waals surface area contributed by atoms with E-state index in [9.17, 15) is 9.59 Å². The first-order valence-electron chi connectivity index (χ1n) is 6.95. The van der Waals surface area contributed by atoms with Crippen LogP contribution in [-0.4, -0.2) is 15.7 Å². The highest BCUT2D eigenvalue weighted by Gasteiger charge is 2.20. The monoisotopic (exact) mass is 265 g/mol. The molecule has 1 N–H and O–H groups in total. The molecule has 2 rings (SSSR count). The van der Waals surface area contributed by atoms with Crippen molar-refractivity contribution in [1.82, 2.24) is 14.5 Å². The molecule has 5 heteroatoms. The zero-order valence-corrected chi connectivity index (χ0v) is 12.0. The molecule has 1 heterocycles. The van der Waals surface area contributed by atoms with Gasteiger partial charge in [-0.2, -0.15) is 0 Å². The number of nitrogens with one attached hydrogen (secondary N) is 1. The topological polar surface area (TPSA) is 56.0 Å². The molecule has 1 aliphatic carbocycles. The average Bonchev–Trinajstić information content (AvgIpc) is 2.79. The molecule has 0 aliphatic heterocycles. The second-order valence-corrected chi connectivity index (χ2v) is 5.83. The second kappa shape index (κ2) is 5.74. The fourth-order valence-corrected chi connectivity index (χ4v) is 2.93. The lowest BCUT2D eigenvalue weighted by Crippen LogP contribution is -2.39. The van der Waals surface area contributed by atoms with Crippen molar-refractivity contribution in [3.05, 3.63) is 32.6 Å². The summed E-state index contributed by atoms with van der Waals surface area (Å²) in [4.78, 5) is 23.5. The van der Waals surface area contributed by atoms with Gasteiger partial charge in [-0.1, -0.05) is 13.3 Å². The zero-order chi connectivity index (χ0) is 14.0. The molecule has 5 nitrogen and oxygen atoms in total. The molecule has 1 fully saturated rings. The van der Waals surface area contributed by atoms with Gasteiger partial charge in [0.05, 0.1) is 0 Å². The van der Waals surface area contributed by atoms with E-state index in [1.165, 1.54) is 30.9 Å². The normalized spacial score (nSPS) is 22.9. The van der Waals surface area contributed by atoms with E-state index >= 15 is 0 Å². The summed E-state index contributed by atoms with van der Waals surface area (Å²) < 4.78 is 2.62. The molecular weight excluding hydrogens is 242 g/mol. The van der Waals surface area contributed by atoms with Crippen LogP contribution in [0.25, 0.3) is 0 Å². The third kappa shape index (κ3) is 3.15. The summed E-state index contributed by atoms with van der Waals surface area (Å²) in [5, 5.41) is 3.35. The van der Waals surface area contributed by atoms with Crippen molar-refractivity contribution in [2.45, 2.75) is 32.7 Å². The van der Waals surface area contributed by atoms with Crippen molar-refractivity contribution in [3.63, 3.8) is 0 Å². The van der Waals surface area contributed by atoms with Crippen molar-refractivity contribution >= 4 is 0 Å². The standard InChI is InChI=1S/C14H23N3O2/c1-10-4-5-11(6-10)7-15-8-12-9-16(2)14(19)17(3)13(12)18/h9-11,15H,4-8H2,1-3H3. The Hall–Kier alpha value is -1.36. The van der Waals surface area contributed by atoms with Gasteiger partial charge in [0, 0.05) is 32.4 Å². The van der Waals surface area contributed by atoms with Crippen molar-refractivity contribution in [2.24, 2.45) is 25.9 Å². The highest BCUT2D eigenvalue weighted by Crippen LogP contribution is 2.29. The Labute approximate surface area is 113 Å². The zero-order valence-electron chi connectivity index (χ0n) is 12.0. The molecule has 0 saturated heterocycles. The largest absolute Gasteiger partial charge is 0.330 e. The van der Waals surface area contributed by atoms with Crippen LogP contribution in [0.1, 0.15) is 31.7 Å². The third-order valence-electron chi connectivity index (χ3n) is 4.07. The fourth-order valence-electron chi connectivity index (χ4n) is 2.93. The number of hydrogen-bond donors (Lipinski definition) is 1. The van der Waals surface area contributed by atoms with Crippen LogP contribution < -0.4 is 16.6 Å². The van der Waals surface area contributed by atoms with E-state index in [0.717, 1.165) is 22.9 Å². The maximum atomic E-state index is 11.9. The lowest BCUT2D eigenvalue weighted by Gasteiger charge is -2.12. The molecular formula is C14H23N3O2. The van der Waals surface area contributed by atoms with E-state index < -0.39 is 0 Å². The average molecular weight is 265 g/mol. The van der Waals surface area contributed by atoms with Crippen LogP contribution in [0.2, 0.25) is 0 Å². The Bertz CT molecular complexity index is 559. The van der Waals surface area contributed by atoms with Crippen LogP contribution in [0, 0.1) is 11.8 Å². The van der Waals surface area contributed by atoms with Gasteiger partial charge in [0.1, 0.15) is 0 Å². The van der Waals surface area contributed by atoms with Crippen LogP contribution in [0.15, 0.2) is 15.8 Å². The van der Waals surface area contributed by atoms with Gasteiger partial charge in [0.25, 0.3) is 5.56 Å². The van der Waals surface area contributed by atoms with Gasteiger partial charge in [-0.3, -0.25) is 9.36 Å². The summed E-state index contributed by atoms with van der Waals surface area (Å²) in [6, 6.07) is 0. The molecule has 19 heavy (non-hydrogen) atoms. The number of aromatic nitrogens is 2. The summed E-state index contributed by atoms with van der Waals surface area (Å²) in [6.45, 7) is 3.78. The number of nitrogens with zero attached hydrogens (tertiary/aromatic N) is 2. The summed E-state index contributed by atoms with van der Waals surface area (Å²) >= 11 is 0. The maximum absolute atomic E-state index is 11.9. The molecule has 1 saturated carbocycles. The molecule has 0 amide bonds. The Balaban J connectivity index is 1.97. The molecule has 0 radical (unpaired) electrons. The molecule has 1 aromatic heterocycles. The fraction of sp³-hybridized carbons (Fsp3) is 0.714. The summed E-state index contributed by atoms with van der Waals surface area (Å²) in [6.07, 6.45) is 5.50. The smallest absolute Gasteiger partial charge is 0.312 e. The van der Waals surface area contributed by atoms with Crippen molar-refractivity contribution < 1.29 is 0 Å². The van der Waals surface area contributed by atoms with Gasteiger partial charge in [-0.25, -0.2) is 4.79 Å². The van der Waals surface area contributed by atoms with Gasteiger partial charge in [0.15, 0.2) is 0 Å². The SMILES string of the molecule is CC1CCC(CNCc2cn(C)c(=O)n(C)c2=O)C1. The van der Waals surface area contributed by atoms with E-state index in [4.69, 9.17) is 0 Å². The lowest BCUT2D eigenvalue weighted by atomic mass is 10.1. The van der Waals surface area contributed by atoms with Crippen molar-refractivity contribution in [2.75, 3.05) is 6.54 Å². The van der Waals surface area contributed by atoms with Gasteiger partial charge < -0.3 is 9.88 Å². The molecule has 1 aliphatic rings. The van der Waals surface area contributed by atoms with Crippen LogP contribution in [0.4, 0.5) is 0 Å². The Morgan fingerprint density at radius 2 is 2.05 bits per heavy atom. The molecule has 2 unspecified atom stereocenters. The van der Waals surface area contributed by atoms with Gasteiger partial charge >= 0.3 is 5.69 Å². The van der Waals surface area contributed by atoms with Crippen LogP contribution >= 0.6 is 0 Å². The van der Waals surface area contributed by atoms with Gasteiger partial charge in [-0.15, -0.1) is 0 Å². The first-order valence-corrected chi connectivity index (χ1v) is 6.95. The van der Waals surface area contributed by atoms with Crippen LogP contribution in [0.5, 0.6) is 0 Å². The van der Waals surface area contributed by atoms with Gasteiger partial charge in [-0.05, 0) is 31.2 Å². The second-order valence-electron chi connectivity index (χ2n) is 5.83. The molecule has 0 aromatic carbocycles. The molecule has 0 spiro atoms. The molecule has 1 aromatic rings. The number of rotatable bonds is 4. The Morgan fingerprint density at radius 3 is 2.68 bits per heavy atom. The first-order chi connectivity index (χ1) is 8.99. The quantitative estimate of drug-likeness (QED) is 0.868. The maximum Gasteiger partial charge on any atom is 0.330 e. The van der Waals surface area contributed by atoms with E-state index in [0.29, 0.717) is 12.1 Å². The molecule has 0 bridgehead atoms. The predicted octanol–water partition coefficient (Wildman–Crippen LogP) is 0.610. The minimum Gasteiger partial charge on any atom is -0.312 e. The minimum absolute atomic E-state index is 0.199. The highest BCUT2D eigenvalue weighted by atomic mass is 16.2. The molecule has 2 atom stereocenters. The lowest BCUT2D eigenvalue weighted by molar-refractivity contribution is 0.468. The summed E-state index contributed by atoms with van der Waals surface area (Å²) in [5.41, 5.74) is 0.171. The van der Waals surface area contributed by atoms with Crippen LogP contribution in [-0.2, 0) is 20.6 Å². The Kier molecular flexibility index (Phi) is 4.24. The van der Waals surface area contributed by atoms with Crippen molar-refractivity contribution in [1.29, 1.82) is 0 Å². The van der Waals surface area contributed by atoms with E-state index in [1.807, 2.05) is 0 Å². The van der Waals surface area contributed by atoms with E-state index in [2.05, 4.69) is 12.2 Å². The van der Waals surface area contributed by atoms with Gasteiger partial charge in [0.2, 0.25) is 0 Å². The van der Waals surface area contributed by atoms with E-state index in [-0.39, 0.29) is 11.2 Å². The third-order valence-corrected chi connectivity index (χ3v) is 4.07. The van der Waals surface area contributed by atoms with E-state index in [1.54, 1.807) is 13.2 Å². The minimum atomic E-state index is -0.279. The summed E-state index contributed by atoms with van der Waals surface area (Å²) in [5.74, 6) is 1.56. The molecule has 106 valence electrons. The highest BCUT2D eigenvalue weighted by molar-refractivity contribution is 5.05. The Morgan fingerprint density at radius 1 is 1.32 bits per heavy atom. The van der Waals surface area contributed by atoms with Crippen molar-refractivity contribution in [3.8, 4) is 0 Å². The predicted molar refractivity (Wildman–Crippen MR) is 75.1 cm³/mol.